The lowest BCUT2D eigenvalue weighted by molar-refractivity contribution is 0.0438. The zero-order valence-corrected chi connectivity index (χ0v) is 15.1. The molecule has 5 heteroatoms. The van der Waals surface area contributed by atoms with Gasteiger partial charge in [-0.1, -0.05) is 56.0 Å². The fourth-order valence-corrected chi connectivity index (χ4v) is 2.33. The second-order valence-corrected chi connectivity index (χ2v) is 5.74. The van der Waals surface area contributed by atoms with Gasteiger partial charge in [0.15, 0.2) is 6.10 Å². The highest BCUT2D eigenvalue weighted by molar-refractivity contribution is 5.89. The first kappa shape index (κ1) is 18.8. The number of nitrogens with zero attached hydrogens (tertiary/aromatic N) is 3. The van der Waals surface area contributed by atoms with Gasteiger partial charge in [-0.2, -0.15) is 5.10 Å². The molecule has 2 rings (SSSR count). The van der Waals surface area contributed by atoms with E-state index in [1.165, 1.54) is 6.20 Å². The summed E-state index contributed by atoms with van der Waals surface area (Å²) in [4.78, 5) is 14.4. The maximum atomic E-state index is 12.2. The first-order valence-corrected chi connectivity index (χ1v) is 8.60. The van der Waals surface area contributed by atoms with Crippen molar-refractivity contribution in [2.45, 2.75) is 33.4 Å². The summed E-state index contributed by atoms with van der Waals surface area (Å²) in [6, 6.07) is 9.97. The first-order chi connectivity index (χ1) is 12.1. The maximum absolute atomic E-state index is 12.2. The van der Waals surface area contributed by atoms with Crippen LogP contribution in [0.3, 0.4) is 0 Å². The molecular weight excluding hydrogens is 314 g/mol. The number of hydrogen-bond donors (Lipinski definition) is 0. The second-order valence-electron chi connectivity index (χ2n) is 5.74. The van der Waals surface area contributed by atoms with Crippen molar-refractivity contribution in [3.63, 3.8) is 0 Å². The number of ether oxygens (including phenoxy) is 1. The molecule has 0 aliphatic heterocycles. The Kier molecular flexibility index (Phi) is 7.24. The van der Waals surface area contributed by atoms with Crippen LogP contribution in [0.2, 0.25) is 0 Å². The molecule has 0 saturated carbocycles. The van der Waals surface area contributed by atoms with Crippen LogP contribution in [-0.4, -0.2) is 46.4 Å². The Balaban J connectivity index is 1.87. The standard InChI is InChI=1S/C20H25N3O2/c1-4-22(5-2)13-9-10-17(3)25-20(24)19-14-21-23(16-19)15-18-11-7-6-8-12-18/h6-8,11-12,14,16-17H,4-5,13,15H2,1-3H3. The summed E-state index contributed by atoms with van der Waals surface area (Å²) in [6.45, 7) is 9.20. The molecule has 1 aromatic heterocycles. The van der Waals surface area contributed by atoms with Crippen LogP contribution in [0.4, 0.5) is 0 Å². The van der Waals surface area contributed by atoms with E-state index in [1.807, 2.05) is 30.3 Å². The summed E-state index contributed by atoms with van der Waals surface area (Å²) >= 11 is 0. The Morgan fingerprint density at radius 2 is 2.00 bits per heavy atom. The van der Waals surface area contributed by atoms with Gasteiger partial charge >= 0.3 is 5.97 Å². The first-order valence-electron chi connectivity index (χ1n) is 8.60. The minimum Gasteiger partial charge on any atom is -0.446 e. The highest BCUT2D eigenvalue weighted by Crippen LogP contribution is 2.06. The van der Waals surface area contributed by atoms with Crippen LogP contribution in [0.5, 0.6) is 0 Å². The molecule has 0 fully saturated rings. The third-order valence-electron chi connectivity index (χ3n) is 3.84. The predicted molar refractivity (Wildman–Crippen MR) is 98.2 cm³/mol. The van der Waals surface area contributed by atoms with Crippen LogP contribution in [0.15, 0.2) is 42.7 Å². The van der Waals surface area contributed by atoms with Gasteiger partial charge in [-0.25, -0.2) is 4.79 Å². The van der Waals surface area contributed by atoms with E-state index in [1.54, 1.807) is 17.8 Å². The van der Waals surface area contributed by atoms with E-state index in [9.17, 15) is 4.79 Å². The SMILES string of the molecule is CCN(CC)CC#CC(C)OC(=O)c1cnn(Cc2ccccc2)c1. The number of benzene rings is 1. The second kappa shape index (κ2) is 9.65. The van der Waals surface area contributed by atoms with E-state index < -0.39 is 12.1 Å². The molecule has 0 aliphatic carbocycles. The lowest BCUT2D eigenvalue weighted by Gasteiger charge is -2.13. The number of aromatic nitrogens is 2. The van der Waals surface area contributed by atoms with E-state index in [0.29, 0.717) is 18.7 Å². The summed E-state index contributed by atoms with van der Waals surface area (Å²) in [5.74, 6) is 5.63. The lowest BCUT2D eigenvalue weighted by atomic mass is 10.2. The predicted octanol–water partition coefficient (Wildman–Crippen LogP) is 2.82. The van der Waals surface area contributed by atoms with E-state index in [2.05, 4.69) is 35.7 Å². The smallest absolute Gasteiger partial charge is 0.342 e. The maximum Gasteiger partial charge on any atom is 0.342 e. The molecule has 0 amide bonds. The zero-order chi connectivity index (χ0) is 18.1. The Morgan fingerprint density at radius 1 is 1.28 bits per heavy atom. The monoisotopic (exact) mass is 339 g/mol. The molecule has 5 nitrogen and oxygen atoms in total. The van der Waals surface area contributed by atoms with Gasteiger partial charge in [-0.15, -0.1) is 0 Å². The van der Waals surface area contributed by atoms with Crippen molar-refractivity contribution in [1.29, 1.82) is 0 Å². The normalized spacial score (nSPS) is 11.7. The van der Waals surface area contributed by atoms with Gasteiger partial charge in [0.2, 0.25) is 0 Å². The molecule has 0 bridgehead atoms. The summed E-state index contributed by atoms with van der Waals surface area (Å²) in [7, 11) is 0. The number of rotatable bonds is 7. The van der Waals surface area contributed by atoms with Crippen molar-refractivity contribution in [3.05, 3.63) is 53.9 Å². The van der Waals surface area contributed by atoms with Crippen LogP contribution in [-0.2, 0) is 11.3 Å². The van der Waals surface area contributed by atoms with E-state index in [0.717, 1.165) is 18.7 Å². The average molecular weight is 339 g/mol. The van der Waals surface area contributed by atoms with Gasteiger partial charge in [0.25, 0.3) is 0 Å². The molecule has 0 spiro atoms. The Labute approximate surface area is 149 Å². The Bertz CT molecular complexity index is 724. The van der Waals surface area contributed by atoms with Crippen molar-refractivity contribution in [3.8, 4) is 11.8 Å². The zero-order valence-electron chi connectivity index (χ0n) is 15.1. The van der Waals surface area contributed by atoms with E-state index in [4.69, 9.17) is 4.74 Å². The molecule has 1 atom stereocenters. The quantitative estimate of drug-likeness (QED) is 0.575. The van der Waals surface area contributed by atoms with Crippen molar-refractivity contribution >= 4 is 5.97 Å². The van der Waals surface area contributed by atoms with E-state index >= 15 is 0 Å². The number of carbonyl (C=O) groups excluding carboxylic acids is 1. The lowest BCUT2D eigenvalue weighted by Crippen LogP contribution is -2.23. The summed E-state index contributed by atoms with van der Waals surface area (Å²) < 4.78 is 7.09. The van der Waals surface area contributed by atoms with Gasteiger partial charge in [-0.05, 0) is 25.6 Å². The molecule has 0 aliphatic rings. The Morgan fingerprint density at radius 3 is 2.68 bits per heavy atom. The van der Waals surface area contributed by atoms with Crippen molar-refractivity contribution in [1.82, 2.24) is 14.7 Å². The van der Waals surface area contributed by atoms with Gasteiger partial charge in [0.1, 0.15) is 0 Å². The fraction of sp³-hybridized carbons (Fsp3) is 0.400. The van der Waals surface area contributed by atoms with Crippen LogP contribution in [0.25, 0.3) is 0 Å². The summed E-state index contributed by atoms with van der Waals surface area (Å²) in [5.41, 5.74) is 1.56. The highest BCUT2D eigenvalue weighted by Gasteiger charge is 2.13. The van der Waals surface area contributed by atoms with Crippen molar-refractivity contribution < 1.29 is 9.53 Å². The molecule has 0 saturated heterocycles. The number of hydrogen-bond acceptors (Lipinski definition) is 4. The van der Waals surface area contributed by atoms with Crippen LogP contribution in [0, 0.1) is 11.8 Å². The minimum absolute atomic E-state index is 0.399. The minimum atomic E-state index is -0.444. The third-order valence-corrected chi connectivity index (χ3v) is 3.84. The molecule has 1 heterocycles. The molecular formula is C20H25N3O2. The van der Waals surface area contributed by atoms with Gasteiger partial charge < -0.3 is 4.74 Å². The van der Waals surface area contributed by atoms with Crippen molar-refractivity contribution in [2.75, 3.05) is 19.6 Å². The molecule has 1 unspecified atom stereocenters. The van der Waals surface area contributed by atoms with Crippen LogP contribution in [0.1, 0.15) is 36.7 Å². The van der Waals surface area contributed by atoms with Gasteiger partial charge in [-0.3, -0.25) is 9.58 Å². The topological polar surface area (TPSA) is 47.4 Å². The molecule has 2 aromatic rings. The summed E-state index contributed by atoms with van der Waals surface area (Å²) in [6.07, 6.45) is 2.78. The van der Waals surface area contributed by atoms with Gasteiger partial charge in [0.05, 0.1) is 24.8 Å². The Hall–Kier alpha value is -2.58. The average Bonchev–Trinajstić information content (AvgIpc) is 3.08. The fourth-order valence-electron chi connectivity index (χ4n) is 2.33. The highest BCUT2D eigenvalue weighted by atomic mass is 16.5. The third kappa shape index (κ3) is 6.09. The molecule has 1 aromatic carbocycles. The van der Waals surface area contributed by atoms with Gasteiger partial charge in [0, 0.05) is 6.20 Å². The molecule has 0 radical (unpaired) electrons. The van der Waals surface area contributed by atoms with Crippen LogP contribution >= 0.6 is 0 Å². The number of esters is 1. The molecule has 25 heavy (non-hydrogen) atoms. The number of carbonyl (C=O) groups is 1. The summed E-state index contributed by atoms with van der Waals surface area (Å²) in [5, 5.41) is 4.22. The van der Waals surface area contributed by atoms with Crippen molar-refractivity contribution in [2.24, 2.45) is 0 Å². The van der Waals surface area contributed by atoms with Crippen LogP contribution < -0.4 is 0 Å². The molecule has 132 valence electrons. The molecule has 0 N–H and O–H groups in total. The van der Waals surface area contributed by atoms with E-state index in [-0.39, 0.29) is 0 Å². The largest absolute Gasteiger partial charge is 0.446 e.